The summed E-state index contributed by atoms with van der Waals surface area (Å²) in [5.41, 5.74) is 0. The third kappa shape index (κ3) is 55.6. The van der Waals surface area contributed by atoms with E-state index in [0.29, 0.717) is 19.3 Å². The number of allylic oxidation sites excluding steroid dienone is 12. The van der Waals surface area contributed by atoms with Gasteiger partial charge in [0.1, 0.15) is 13.2 Å². The number of hydrogen-bond acceptors (Lipinski definition) is 6. The summed E-state index contributed by atoms with van der Waals surface area (Å²) in [5.74, 6) is -0.901. The fourth-order valence-corrected chi connectivity index (χ4v) is 8.25. The maximum Gasteiger partial charge on any atom is 0.306 e. The van der Waals surface area contributed by atoms with Gasteiger partial charge in [0.05, 0.1) is 0 Å². The van der Waals surface area contributed by atoms with Gasteiger partial charge in [-0.2, -0.15) is 0 Å². The highest BCUT2D eigenvalue weighted by Crippen LogP contribution is 2.15. The van der Waals surface area contributed by atoms with E-state index in [1.165, 1.54) is 148 Å². The van der Waals surface area contributed by atoms with E-state index < -0.39 is 6.10 Å². The fourth-order valence-electron chi connectivity index (χ4n) is 8.25. The van der Waals surface area contributed by atoms with Gasteiger partial charge < -0.3 is 14.2 Å². The van der Waals surface area contributed by atoms with Gasteiger partial charge in [0.25, 0.3) is 0 Å². The molecule has 1 atom stereocenters. The molecule has 0 heterocycles. The lowest BCUT2D eigenvalue weighted by atomic mass is 10.1. The van der Waals surface area contributed by atoms with Crippen LogP contribution in [0.1, 0.15) is 290 Å². The van der Waals surface area contributed by atoms with Crippen molar-refractivity contribution in [1.29, 1.82) is 0 Å². The average molecular weight is 964 g/mol. The number of esters is 3. The second-order valence-electron chi connectivity index (χ2n) is 19.5. The van der Waals surface area contributed by atoms with E-state index in [0.717, 1.165) is 103 Å². The van der Waals surface area contributed by atoms with Crippen molar-refractivity contribution in [2.45, 2.75) is 297 Å². The van der Waals surface area contributed by atoms with Crippen molar-refractivity contribution in [3.63, 3.8) is 0 Å². The second-order valence-corrected chi connectivity index (χ2v) is 19.5. The summed E-state index contributed by atoms with van der Waals surface area (Å²) in [7, 11) is 0. The van der Waals surface area contributed by atoms with Crippen LogP contribution >= 0.6 is 0 Å². The number of rotatable bonds is 53. The largest absolute Gasteiger partial charge is 0.462 e. The molecule has 0 aliphatic heterocycles. The first-order valence-corrected chi connectivity index (χ1v) is 29.4. The summed E-state index contributed by atoms with van der Waals surface area (Å²) in [6.45, 7) is 6.50. The standard InChI is InChI=1S/C63H110O6/c1-4-7-10-13-16-19-22-25-28-30-31-33-35-38-41-44-47-50-53-56-62(65)68-59-60(58-67-61(64)55-52-49-46-43-40-37-34-27-24-21-18-15-12-9-6-3)69-63(66)57-54-51-48-45-42-39-36-32-29-26-23-20-17-14-11-8-5-2/h8,11,17-18,20-21,25-29,34,60H,4-7,9-10,12-16,19,22-24,30-33,35-59H2,1-3H3/b11-8-,20-17-,21-18-,28-25-,29-26-,34-27-. The summed E-state index contributed by atoms with van der Waals surface area (Å²) in [6.07, 6.45) is 73.2. The first kappa shape index (κ1) is 65.8. The van der Waals surface area contributed by atoms with Crippen LogP contribution < -0.4 is 0 Å². The molecule has 0 aromatic rings. The van der Waals surface area contributed by atoms with Crippen LogP contribution in [-0.2, 0) is 28.6 Å². The van der Waals surface area contributed by atoms with Crippen LogP contribution in [0.3, 0.4) is 0 Å². The molecule has 6 heteroatoms. The Balaban J connectivity index is 4.40. The zero-order chi connectivity index (χ0) is 50.0. The van der Waals surface area contributed by atoms with Crippen LogP contribution in [0.4, 0.5) is 0 Å². The Kier molecular flexibility index (Phi) is 54.8. The average Bonchev–Trinajstić information content (AvgIpc) is 3.35. The van der Waals surface area contributed by atoms with Gasteiger partial charge >= 0.3 is 17.9 Å². The molecule has 69 heavy (non-hydrogen) atoms. The van der Waals surface area contributed by atoms with E-state index in [2.05, 4.69) is 93.7 Å². The first-order valence-electron chi connectivity index (χ1n) is 29.4. The van der Waals surface area contributed by atoms with Gasteiger partial charge in [0, 0.05) is 19.3 Å². The molecular weight excluding hydrogens is 853 g/mol. The predicted molar refractivity (Wildman–Crippen MR) is 298 cm³/mol. The molecule has 0 saturated carbocycles. The van der Waals surface area contributed by atoms with Crippen LogP contribution in [0.25, 0.3) is 0 Å². The van der Waals surface area contributed by atoms with Gasteiger partial charge in [0.15, 0.2) is 6.10 Å². The molecule has 0 aliphatic rings. The summed E-state index contributed by atoms with van der Waals surface area (Å²) in [4.78, 5) is 38.2. The third-order valence-corrected chi connectivity index (χ3v) is 12.7. The molecule has 398 valence electrons. The van der Waals surface area contributed by atoms with Crippen LogP contribution in [-0.4, -0.2) is 37.2 Å². The first-order chi connectivity index (χ1) is 34.0. The van der Waals surface area contributed by atoms with E-state index in [-0.39, 0.29) is 31.1 Å². The second kappa shape index (κ2) is 57.4. The predicted octanol–water partition coefficient (Wildman–Crippen LogP) is 19.8. The van der Waals surface area contributed by atoms with E-state index >= 15 is 0 Å². The molecule has 0 N–H and O–H groups in total. The molecule has 6 nitrogen and oxygen atoms in total. The van der Waals surface area contributed by atoms with Crippen LogP contribution in [0, 0.1) is 0 Å². The molecule has 1 unspecified atom stereocenters. The van der Waals surface area contributed by atoms with Crippen molar-refractivity contribution in [2.24, 2.45) is 0 Å². The highest BCUT2D eigenvalue weighted by molar-refractivity contribution is 5.71. The number of carbonyl (C=O) groups is 3. The van der Waals surface area contributed by atoms with Gasteiger partial charge in [-0.1, -0.05) is 235 Å². The molecule has 0 radical (unpaired) electrons. The monoisotopic (exact) mass is 963 g/mol. The van der Waals surface area contributed by atoms with Crippen LogP contribution in [0.5, 0.6) is 0 Å². The minimum Gasteiger partial charge on any atom is -0.462 e. The lowest BCUT2D eigenvalue weighted by Crippen LogP contribution is -2.30. The van der Waals surface area contributed by atoms with Crippen LogP contribution in [0.2, 0.25) is 0 Å². The normalized spacial score (nSPS) is 12.6. The molecule has 0 rings (SSSR count). The van der Waals surface area contributed by atoms with Crippen molar-refractivity contribution in [2.75, 3.05) is 13.2 Å². The number of ether oxygens (including phenoxy) is 3. The molecule has 0 bridgehead atoms. The zero-order valence-electron chi connectivity index (χ0n) is 45.6. The Morgan fingerprint density at radius 2 is 0.565 bits per heavy atom. The highest BCUT2D eigenvalue weighted by atomic mass is 16.6. The van der Waals surface area contributed by atoms with E-state index in [9.17, 15) is 14.4 Å². The van der Waals surface area contributed by atoms with E-state index in [4.69, 9.17) is 14.2 Å². The van der Waals surface area contributed by atoms with Gasteiger partial charge in [-0.15, -0.1) is 0 Å². The van der Waals surface area contributed by atoms with Crippen LogP contribution in [0.15, 0.2) is 72.9 Å². The number of hydrogen-bond donors (Lipinski definition) is 0. The van der Waals surface area contributed by atoms with Crippen molar-refractivity contribution in [1.82, 2.24) is 0 Å². The quantitative estimate of drug-likeness (QED) is 0.0262. The smallest absolute Gasteiger partial charge is 0.306 e. The lowest BCUT2D eigenvalue weighted by molar-refractivity contribution is -0.167. The Hall–Kier alpha value is -3.15. The minimum atomic E-state index is -0.788. The Morgan fingerprint density at radius 3 is 0.928 bits per heavy atom. The molecule has 0 aromatic heterocycles. The SMILES string of the molecule is CC/C=C\C/C=C\C/C=C\CCCCCCCCCC(=O)OC(COC(=O)CCCCCCC/C=C\C/C=C\CCCCC)COC(=O)CCCCCCCCCCC/C=C\CCCCCCCC. The van der Waals surface area contributed by atoms with Gasteiger partial charge in [-0.3, -0.25) is 14.4 Å². The van der Waals surface area contributed by atoms with Gasteiger partial charge in [0.2, 0.25) is 0 Å². The van der Waals surface area contributed by atoms with Crippen molar-refractivity contribution in [3.8, 4) is 0 Å². The number of carbonyl (C=O) groups excluding carboxylic acids is 3. The highest BCUT2D eigenvalue weighted by Gasteiger charge is 2.19. The third-order valence-electron chi connectivity index (χ3n) is 12.7. The number of unbranched alkanes of at least 4 members (excludes halogenated alkanes) is 30. The summed E-state index contributed by atoms with van der Waals surface area (Å²) in [5, 5.41) is 0. The lowest BCUT2D eigenvalue weighted by Gasteiger charge is -2.18. The maximum absolute atomic E-state index is 12.9. The molecular formula is C63H110O6. The van der Waals surface area contributed by atoms with E-state index in [1.807, 2.05) is 0 Å². The molecule has 0 spiro atoms. The Bertz CT molecular complexity index is 1290. The van der Waals surface area contributed by atoms with Gasteiger partial charge in [-0.25, -0.2) is 0 Å². The van der Waals surface area contributed by atoms with Gasteiger partial charge in [-0.05, 0) is 109 Å². The summed E-state index contributed by atoms with van der Waals surface area (Å²) >= 11 is 0. The summed E-state index contributed by atoms with van der Waals surface area (Å²) < 4.78 is 16.9. The minimum absolute atomic E-state index is 0.0843. The zero-order valence-corrected chi connectivity index (χ0v) is 45.6. The fraction of sp³-hybridized carbons (Fsp3) is 0.762. The molecule has 0 aliphatic carbocycles. The molecule has 0 aromatic carbocycles. The molecule has 0 amide bonds. The molecule has 0 saturated heterocycles. The Labute approximate surface area is 427 Å². The molecule has 0 fully saturated rings. The summed E-state index contributed by atoms with van der Waals surface area (Å²) in [6, 6.07) is 0. The Morgan fingerprint density at radius 1 is 0.304 bits per heavy atom. The van der Waals surface area contributed by atoms with E-state index in [1.54, 1.807) is 0 Å². The van der Waals surface area contributed by atoms with Crippen molar-refractivity contribution < 1.29 is 28.6 Å². The van der Waals surface area contributed by atoms with Crippen molar-refractivity contribution >= 4 is 17.9 Å². The maximum atomic E-state index is 12.9. The topological polar surface area (TPSA) is 78.9 Å². The van der Waals surface area contributed by atoms with Crippen molar-refractivity contribution in [3.05, 3.63) is 72.9 Å².